The van der Waals surface area contributed by atoms with Crippen molar-refractivity contribution in [3.63, 3.8) is 0 Å². The van der Waals surface area contributed by atoms with Crippen LogP contribution in [0.25, 0.3) is 11.3 Å². The molecule has 0 aliphatic carbocycles. The fraction of sp³-hybridized carbons (Fsp3) is 0.250. The van der Waals surface area contributed by atoms with E-state index in [-0.39, 0.29) is 6.61 Å². The quantitative estimate of drug-likeness (QED) is 0.796. The second-order valence-electron chi connectivity index (χ2n) is 3.46. The van der Waals surface area contributed by atoms with Crippen LogP contribution in [-0.4, -0.2) is 21.9 Å². The molecule has 2 N–H and O–H groups in total. The monoisotopic (exact) mass is 202 g/mol. The lowest BCUT2D eigenvalue weighted by molar-refractivity contribution is 0.288. The molecule has 0 fully saturated rings. The summed E-state index contributed by atoms with van der Waals surface area (Å²) in [6.45, 7) is 0.222. The maximum atomic E-state index is 8.80. The van der Waals surface area contributed by atoms with Crippen molar-refractivity contribution < 1.29 is 5.11 Å². The van der Waals surface area contributed by atoms with Crippen molar-refractivity contribution in [2.24, 2.45) is 0 Å². The molecule has 15 heavy (non-hydrogen) atoms. The van der Waals surface area contributed by atoms with E-state index >= 15 is 0 Å². The van der Waals surface area contributed by atoms with Gasteiger partial charge in [-0.15, -0.1) is 0 Å². The van der Waals surface area contributed by atoms with Crippen LogP contribution in [0, 0.1) is 0 Å². The van der Waals surface area contributed by atoms with Gasteiger partial charge in [-0.25, -0.2) is 0 Å². The van der Waals surface area contributed by atoms with E-state index in [1.807, 2.05) is 24.4 Å². The maximum absolute atomic E-state index is 8.80. The maximum Gasteiger partial charge on any atom is 0.0682 e. The molecule has 1 aromatic carbocycles. The number of aromatic nitrogens is 2. The van der Waals surface area contributed by atoms with E-state index in [9.17, 15) is 0 Å². The molecule has 0 aliphatic heterocycles. The number of aryl methyl sites for hydroxylation is 1. The Morgan fingerprint density at radius 3 is 2.73 bits per heavy atom. The van der Waals surface area contributed by atoms with E-state index in [1.54, 1.807) is 0 Å². The molecule has 0 radical (unpaired) electrons. The van der Waals surface area contributed by atoms with Crippen molar-refractivity contribution in [2.45, 2.75) is 12.8 Å². The average molecular weight is 202 g/mol. The fourth-order valence-corrected chi connectivity index (χ4v) is 1.62. The number of aliphatic hydroxyl groups excluding tert-OH is 1. The van der Waals surface area contributed by atoms with Gasteiger partial charge in [-0.2, -0.15) is 5.10 Å². The molecule has 0 spiro atoms. The minimum absolute atomic E-state index is 0.222. The molecule has 0 aliphatic rings. The number of rotatable bonds is 4. The predicted molar refractivity (Wildman–Crippen MR) is 59.4 cm³/mol. The third kappa shape index (κ3) is 2.25. The van der Waals surface area contributed by atoms with E-state index in [4.69, 9.17) is 5.11 Å². The Hall–Kier alpha value is -1.61. The summed E-state index contributed by atoms with van der Waals surface area (Å²) < 4.78 is 0. The van der Waals surface area contributed by atoms with Crippen molar-refractivity contribution in [3.05, 3.63) is 42.1 Å². The smallest absolute Gasteiger partial charge is 0.0682 e. The third-order valence-corrected chi connectivity index (χ3v) is 2.38. The van der Waals surface area contributed by atoms with Crippen molar-refractivity contribution in [3.8, 4) is 11.3 Å². The number of aromatic amines is 1. The second-order valence-corrected chi connectivity index (χ2v) is 3.46. The highest BCUT2D eigenvalue weighted by Gasteiger charge is 2.06. The predicted octanol–water partition coefficient (Wildman–Crippen LogP) is 2.00. The first-order valence-electron chi connectivity index (χ1n) is 5.10. The molecule has 2 rings (SSSR count). The summed E-state index contributed by atoms with van der Waals surface area (Å²) in [7, 11) is 0. The van der Waals surface area contributed by atoms with E-state index < -0.39 is 0 Å². The van der Waals surface area contributed by atoms with Gasteiger partial charge in [0, 0.05) is 6.61 Å². The summed E-state index contributed by atoms with van der Waals surface area (Å²) in [4.78, 5) is 0. The first kappa shape index (κ1) is 9.93. The number of hydrogen-bond donors (Lipinski definition) is 2. The van der Waals surface area contributed by atoms with Gasteiger partial charge in [0.25, 0.3) is 0 Å². The van der Waals surface area contributed by atoms with Crippen LogP contribution in [0.3, 0.4) is 0 Å². The minimum Gasteiger partial charge on any atom is -0.396 e. The van der Waals surface area contributed by atoms with Gasteiger partial charge in [-0.3, -0.25) is 5.10 Å². The van der Waals surface area contributed by atoms with Gasteiger partial charge in [0.2, 0.25) is 0 Å². The third-order valence-electron chi connectivity index (χ3n) is 2.38. The molecule has 3 nitrogen and oxygen atoms in total. The zero-order chi connectivity index (χ0) is 10.5. The highest BCUT2D eigenvalue weighted by atomic mass is 16.2. The number of H-pyrrole nitrogens is 1. The molecule has 0 amide bonds. The molecule has 78 valence electrons. The van der Waals surface area contributed by atoms with Crippen LogP contribution in [0.2, 0.25) is 0 Å². The summed E-state index contributed by atoms with van der Waals surface area (Å²) in [5, 5.41) is 15.8. The largest absolute Gasteiger partial charge is 0.396 e. The van der Waals surface area contributed by atoms with Crippen molar-refractivity contribution in [1.29, 1.82) is 0 Å². The topological polar surface area (TPSA) is 48.9 Å². The Kier molecular flexibility index (Phi) is 3.15. The van der Waals surface area contributed by atoms with Gasteiger partial charge < -0.3 is 5.11 Å². The molecule has 0 unspecified atom stereocenters. The lowest BCUT2D eigenvalue weighted by Gasteiger charge is -2.01. The van der Waals surface area contributed by atoms with Crippen LogP contribution in [0.1, 0.15) is 12.0 Å². The Balaban J connectivity index is 2.25. The molecule has 1 heterocycles. The van der Waals surface area contributed by atoms with Crippen LogP contribution >= 0.6 is 0 Å². The van der Waals surface area contributed by atoms with Gasteiger partial charge in [0.1, 0.15) is 0 Å². The number of nitrogens with zero attached hydrogens (tertiary/aromatic N) is 1. The Morgan fingerprint density at radius 1 is 1.20 bits per heavy atom. The van der Waals surface area contributed by atoms with Gasteiger partial charge in [0.05, 0.1) is 11.9 Å². The lowest BCUT2D eigenvalue weighted by atomic mass is 10.1. The van der Waals surface area contributed by atoms with Crippen LogP contribution in [0.4, 0.5) is 0 Å². The zero-order valence-corrected chi connectivity index (χ0v) is 8.48. The van der Waals surface area contributed by atoms with Crippen LogP contribution in [0.15, 0.2) is 36.5 Å². The average Bonchev–Trinajstić information content (AvgIpc) is 2.75. The van der Waals surface area contributed by atoms with Crippen molar-refractivity contribution in [2.75, 3.05) is 6.61 Å². The van der Waals surface area contributed by atoms with E-state index in [1.165, 1.54) is 0 Å². The molecule has 0 bridgehead atoms. The molecule has 0 saturated heterocycles. The van der Waals surface area contributed by atoms with E-state index in [2.05, 4.69) is 22.3 Å². The molecular formula is C12H14N2O. The molecule has 0 atom stereocenters. The molecule has 3 heteroatoms. The van der Waals surface area contributed by atoms with Crippen molar-refractivity contribution >= 4 is 0 Å². The van der Waals surface area contributed by atoms with Crippen LogP contribution in [0.5, 0.6) is 0 Å². The number of benzene rings is 1. The Morgan fingerprint density at radius 2 is 2.00 bits per heavy atom. The Labute approximate surface area is 88.8 Å². The molecule has 0 saturated carbocycles. The number of nitrogens with one attached hydrogen (secondary N) is 1. The van der Waals surface area contributed by atoms with Gasteiger partial charge in [-0.1, -0.05) is 30.3 Å². The normalized spacial score (nSPS) is 10.5. The van der Waals surface area contributed by atoms with E-state index in [0.29, 0.717) is 0 Å². The number of aliphatic hydroxyl groups is 1. The SMILES string of the molecule is OCCCc1cn[nH]c1-c1ccccc1. The van der Waals surface area contributed by atoms with E-state index in [0.717, 1.165) is 29.7 Å². The first-order chi connectivity index (χ1) is 7.42. The van der Waals surface area contributed by atoms with Gasteiger partial charge >= 0.3 is 0 Å². The summed E-state index contributed by atoms with van der Waals surface area (Å²) >= 11 is 0. The minimum atomic E-state index is 0.222. The van der Waals surface area contributed by atoms with Crippen LogP contribution in [-0.2, 0) is 6.42 Å². The lowest BCUT2D eigenvalue weighted by Crippen LogP contribution is -1.90. The van der Waals surface area contributed by atoms with Crippen LogP contribution < -0.4 is 0 Å². The van der Waals surface area contributed by atoms with Gasteiger partial charge in [-0.05, 0) is 24.0 Å². The highest BCUT2D eigenvalue weighted by molar-refractivity contribution is 5.62. The molecule has 1 aromatic heterocycles. The summed E-state index contributed by atoms with van der Waals surface area (Å²) in [5.74, 6) is 0. The second kappa shape index (κ2) is 4.75. The highest BCUT2D eigenvalue weighted by Crippen LogP contribution is 2.21. The first-order valence-corrected chi connectivity index (χ1v) is 5.10. The summed E-state index contributed by atoms with van der Waals surface area (Å²) in [6.07, 6.45) is 3.47. The zero-order valence-electron chi connectivity index (χ0n) is 8.48. The number of hydrogen-bond acceptors (Lipinski definition) is 2. The van der Waals surface area contributed by atoms with Gasteiger partial charge in [0.15, 0.2) is 0 Å². The fourth-order valence-electron chi connectivity index (χ4n) is 1.62. The summed E-state index contributed by atoms with van der Waals surface area (Å²) in [6, 6.07) is 10.1. The van der Waals surface area contributed by atoms with Crippen molar-refractivity contribution in [1.82, 2.24) is 10.2 Å². The Bertz CT molecular complexity index is 409. The molecular weight excluding hydrogens is 188 g/mol. The standard InChI is InChI=1S/C12H14N2O/c15-8-4-7-11-9-13-14-12(11)10-5-2-1-3-6-10/h1-3,5-6,9,15H,4,7-8H2,(H,13,14). The molecule has 2 aromatic rings. The summed E-state index contributed by atoms with van der Waals surface area (Å²) in [5.41, 5.74) is 3.36.